The van der Waals surface area contributed by atoms with Gasteiger partial charge < -0.3 is 18.1 Å². The van der Waals surface area contributed by atoms with E-state index in [4.69, 9.17) is 13.8 Å². The average molecular weight is 642 g/mol. The standard InChI is InChI=1S/C45H27N3O2/c1-3-9-34-28(7-1)14-22-39-44(34)36-20-18-32(25-41(36)49-39)48(31-16-12-30(13-17-31)38-27-47-24-6-5-11-43(47)46-38)33-19-21-37-42(26-33)50-40-23-15-29-8-2-4-10-35(29)45(37)40/h1-27H. The summed E-state index contributed by atoms with van der Waals surface area (Å²) in [5.74, 6) is 0. The van der Waals surface area contributed by atoms with Crippen LogP contribution < -0.4 is 4.90 Å². The van der Waals surface area contributed by atoms with E-state index in [9.17, 15) is 0 Å². The van der Waals surface area contributed by atoms with Crippen molar-refractivity contribution < 1.29 is 8.83 Å². The average Bonchev–Trinajstić information content (AvgIpc) is 3.88. The molecule has 0 amide bonds. The zero-order chi connectivity index (χ0) is 32.8. The molecule has 7 aromatic carbocycles. The Labute approximate surface area is 285 Å². The molecule has 4 aromatic heterocycles. The van der Waals surface area contributed by atoms with Crippen molar-refractivity contribution in [2.75, 3.05) is 4.90 Å². The van der Waals surface area contributed by atoms with Crippen LogP contribution in [0.5, 0.6) is 0 Å². The van der Waals surface area contributed by atoms with Gasteiger partial charge in [-0.05, 0) is 82.2 Å². The highest BCUT2D eigenvalue weighted by molar-refractivity contribution is 6.20. The molecule has 0 atom stereocenters. The third kappa shape index (κ3) is 4.04. The number of pyridine rings is 1. The Morgan fingerprint density at radius 1 is 0.460 bits per heavy atom. The third-order valence-corrected chi connectivity index (χ3v) is 9.99. The lowest BCUT2D eigenvalue weighted by Gasteiger charge is -2.25. The number of furan rings is 2. The van der Waals surface area contributed by atoms with Gasteiger partial charge in [-0.25, -0.2) is 4.98 Å². The number of hydrogen-bond donors (Lipinski definition) is 0. The molecule has 0 aliphatic carbocycles. The lowest BCUT2D eigenvalue weighted by molar-refractivity contribution is 0.669. The van der Waals surface area contributed by atoms with E-state index in [1.165, 1.54) is 21.5 Å². The summed E-state index contributed by atoms with van der Waals surface area (Å²) in [6.07, 6.45) is 4.09. The van der Waals surface area contributed by atoms with Crippen molar-refractivity contribution in [1.82, 2.24) is 9.38 Å². The number of aromatic nitrogens is 2. The molecule has 0 saturated carbocycles. The first-order valence-corrected chi connectivity index (χ1v) is 16.8. The van der Waals surface area contributed by atoms with E-state index < -0.39 is 0 Å². The minimum atomic E-state index is 0.844. The van der Waals surface area contributed by atoms with Crippen LogP contribution in [0.2, 0.25) is 0 Å². The van der Waals surface area contributed by atoms with Gasteiger partial charge in [-0.1, -0.05) is 78.9 Å². The van der Waals surface area contributed by atoms with Crippen LogP contribution in [0.4, 0.5) is 17.1 Å². The highest BCUT2D eigenvalue weighted by Gasteiger charge is 2.19. The molecule has 0 radical (unpaired) electrons. The van der Waals surface area contributed by atoms with Gasteiger partial charge in [0.2, 0.25) is 0 Å². The van der Waals surface area contributed by atoms with E-state index in [-0.39, 0.29) is 0 Å². The molecule has 0 bridgehead atoms. The minimum Gasteiger partial charge on any atom is -0.456 e. The Kier molecular flexibility index (Phi) is 5.60. The largest absolute Gasteiger partial charge is 0.456 e. The molecule has 0 unspecified atom stereocenters. The number of imidazole rings is 1. The molecule has 0 N–H and O–H groups in total. The summed E-state index contributed by atoms with van der Waals surface area (Å²) in [6, 6.07) is 53.1. The molecule has 234 valence electrons. The highest BCUT2D eigenvalue weighted by Crippen LogP contribution is 2.43. The molecule has 0 spiro atoms. The van der Waals surface area contributed by atoms with E-state index in [0.29, 0.717) is 0 Å². The van der Waals surface area contributed by atoms with Crippen molar-refractivity contribution in [3.63, 3.8) is 0 Å². The Morgan fingerprint density at radius 3 is 1.62 bits per heavy atom. The molecule has 11 aromatic rings. The maximum Gasteiger partial charge on any atom is 0.137 e. The summed E-state index contributed by atoms with van der Waals surface area (Å²) >= 11 is 0. The van der Waals surface area contributed by atoms with E-state index in [2.05, 4.69) is 145 Å². The molecule has 5 heteroatoms. The SMILES string of the molecule is c1ccc2c(c1)ccc1oc3cc(N(c4ccc(-c5cn6ccccc6n5)cc4)c4ccc5c(c4)oc4ccc6ccccc6c45)ccc3c12. The molecule has 5 nitrogen and oxygen atoms in total. The van der Waals surface area contributed by atoms with Gasteiger partial charge in [0.25, 0.3) is 0 Å². The predicted octanol–water partition coefficient (Wildman–Crippen LogP) is 12.6. The number of nitrogens with zero attached hydrogens (tertiary/aromatic N) is 3. The van der Waals surface area contributed by atoms with Gasteiger partial charge in [-0.3, -0.25) is 0 Å². The van der Waals surface area contributed by atoms with Crippen LogP contribution in [0.15, 0.2) is 173 Å². The highest BCUT2D eigenvalue weighted by atomic mass is 16.3. The molecule has 0 saturated heterocycles. The second-order valence-electron chi connectivity index (χ2n) is 12.9. The fraction of sp³-hybridized carbons (Fsp3) is 0. The number of benzene rings is 7. The topological polar surface area (TPSA) is 46.8 Å². The van der Waals surface area contributed by atoms with Gasteiger partial charge in [-0.2, -0.15) is 0 Å². The fourth-order valence-electron chi connectivity index (χ4n) is 7.65. The summed E-state index contributed by atoms with van der Waals surface area (Å²) in [6.45, 7) is 0. The van der Waals surface area contributed by atoms with Crippen molar-refractivity contribution in [3.05, 3.63) is 164 Å². The minimum absolute atomic E-state index is 0.844. The molecular weight excluding hydrogens is 615 g/mol. The first-order chi connectivity index (χ1) is 24.7. The third-order valence-electron chi connectivity index (χ3n) is 9.99. The monoisotopic (exact) mass is 641 g/mol. The van der Waals surface area contributed by atoms with Crippen molar-refractivity contribution >= 4 is 88.1 Å². The molecular formula is C45H27N3O2. The van der Waals surface area contributed by atoms with Crippen LogP contribution >= 0.6 is 0 Å². The quantitative estimate of drug-likeness (QED) is 0.192. The Balaban J connectivity index is 1.09. The fourth-order valence-corrected chi connectivity index (χ4v) is 7.65. The molecule has 0 fully saturated rings. The summed E-state index contributed by atoms with van der Waals surface area (Å²) in [5.41, 5.74) is 9.35. The summed E-state index contributed by atoms with van der Waals surface area (Å²) in [5, 5.41) is 9.27. The van der Waals surface area contributed by atoms with Gasteiger partial charge in [0.05, 0.1) is 5.69 Å². The number of anilines is 3. The Bertz CT molecular complexity index is 2920. The zero-order valence-corrected chi connectivity index (χ0v) is 26.7. The molecule has 4 heterocycles. The second-order valence-corrected chi connectivity index (χ2v) is 12.9. The van der Waals surface area contributed by atoms with Gasteiger partial charge in [-0.15, -0.1) is 0 Å². The van der Waals surface area contributed by atoms with E-state index in [1.54, 1.807) is 0 Å². The van der Waals surface area contributed by atoms with Crippen LogP contribution in [-0.2, 0) is 0 Å². The maximum atomic E-state index is 6.52. The van der Waals surface area contributed by atoms with Crippen molar-refractivity contribution in [1.29, 1.82) is 0 Å². The van der Waals surface area contributed by atoms with E-state index in [0.717, 1.165) is 77.8 Å². The van der Waals surface area contributed by atoms with Gasteiger partial charge in [0.1, 0.15) is 28.0 Å². The van der Waals surface area contributed by atoms with Crippen LogP contribution in [0.25, 0.3) is 82.3 Å². The van der Waals surface area contributed by atoms with Crippen molar-refractivity contribution in [3.8, 4) is 11.3 Å². The normalized spacial score (nSPS) is 12.0. The summed E-state index contributed by atoms with van der Waals surface area (Å²) < 4.78 is 15.1. The zero-order valence-electron chi connectivity index (χ0n) is 26.7. The molecule has 50 heavy (non-hydrogen) atoms. The molecule has 0 aliphatic rings. The first kappa shape index (κ1) is 27.1. The van der Waals surface area contributed by atoms with Gasteiger partial charge >= 0.3 is 0 Å². The summed E-state index contributed by atoms with van der Waals surface area (Å²) in [7, 11) is 0. The van der Waals surface area contributed by atoms with Crippen LogP contribution in [0, 0.1) is 0 Å². The lowest BCUT2D eigenvalue weighted by Crippen LogP contribution is -2.09. The smallest absolute Gasteiger partial charge is 0.137 e. The summed E-state index contributed by atoms with van der Waals surface area (Å²) in [4.78, 5) is 7.12. The molecule has 11 rings (SSSR count). The first-order valence-electron chi connectivity index (χ1n) is 16.8. The Hall–Kier alpha value is -6.85. The van der Waals surface area contributed by atoms with Crippen LogP contribution in [0.3, 0.4) is 0 Å². The number of fused-ring (bicyclic) bond motifs is 11. The number of rotatable bonds is 4. The van der Waals surface area contributed by atoms with Gasteiger partial charge in [0.15, 0.2) is 0 Å². The van der Waals surface area contributed by atoms with E-state index >= 15 is 0 Å². The van der Waals surface area contributed by atoms with Gasteiger partial charge in [0, 0.05) is 68.7 Å². The second kappa shape index (κ2) is 10.3. The van der Waals surface area contributed by atoms with Crippen molar-refractivity contribution in [2.45, 2.75) is 0 Å². The van der Waals surface area contributed by atoms with Crippen LogP contribution in [-0.4, -0.2) is 9.38 Å². The number of hydrogen-bond acceptors (Lipinski definition) is 4. The van der Waals surface area contributed by atoms with E-state index in [1.807, 2.05) is 28.8 Å². The Morgan fingerprint density at radius 2 is 1.02 bits per heavy atom. The van der Waals surface area contributed by atoms with Crippen LogP contribution in [0.1, 0.15) is 0 Å². The lowest BCUT2D eigenvalue weighted by atomic mass is 10.0. The maximum absolute atomic E-state index is 6.52. The molecule has 0 aliphatic heterocycles. The predicted molar refractivity (Wildman–Crippen MR) is 205 cm³/mol. The van der Waals surface area contributed by atoms with Crippen molar-refractivity contribution in [2.24, 2.45) is 0 Å².